The van der Waals surface area contributed by atoms with Crippen molar-refractivity contribution in [1.82, 2.24) is 0 Å². The summed E-state index contributed by atoms with van der Waals surface area (Å²) >= 11 is 3.46. The number of carbonyl (C=O) groups is 1. The fourth-order valence-corrected chi connectivity index (χ4v) is 8.35. The maximum atomic E-state index is 13.7. The van der Waals surface area contributed by atoms with E-state index < -0.39 is 0 Å². The van der Waals surface area contributed by atoms with E-state index in [9.17, 15) is 9.90 Å². The molecule has 0 bridgehead atoms. The molecule has 1 N–H and O–H groups in total. The highest BCUT2D eigenvalue weighted by molar-refractivity contribution is 8.03. The number of rotatable bonds is 1. The van der Waals surface area contributed by atoms with Gasteiger partial charge in [-0.05, 0) is 42.5 Å². The number of para-hydroxylation sites is 2. The fraction of sp³-hybridized carbons (Fsp3) is 0.286. The van der Waals surface area contributed by atoms with E-state index in [0.29, 0.717) is 23.0 Å². The summed E-state index contributed by atoms with van der Waals surface area (Å²) in [6.07, 6.45) is 1.64. The first-order chi connectivity index (χ1) is 16.5. The van der Waals surface area contributed by atoms with Crippen molar-refractivity contribution in [2.75, 3.05) is 11.4 Å². The molecule has 2 aromatic carbocycles. The molecule has 3 aliphatic heterocycles. The Morgan fingerprint density at radius 1 is 0.971 bits per heavy atom. The number of hydrogen-bond donors (Lipinski definition) is 1. The van der Waals surface area contributed by atoms with Crippen molar-refractivity contribution < 1.29 is 14.5 Å². The lowest BCUT2D eigenvalue weighted by atomic mass is 9.76. The van der Waals surface area contributed by atoms with E-state index in [4.69, 9.17) is 0 Å². The van der Waals surface area contributed by atoms with Crippen molar-refractivity contribution in [2.45, 2.75) is 38.1 Å². The van der Waals surface area contributed by atoms with Crippen LogP contribution >= 0.6 is 23.1 Å². The summed E-state index contributed by atoms with van der Waals surface area (Å²) in [6, 6.07) is 16.8. The van der Waals surface area contributed by atoms with Crippen LogP contribution in [-0.2, 0) is 11.3 Å². The molecule has 3 aromatic rings. The number of aliphatic hydroxyl groups is 1. The van der Waals surface area contributed by atoms with E-state index >= 15 is 0 Å². The van der Waals surface area contributed by atoms with Gasteiger partial charge in [0.2, 0.25) is 11.3 Å². The number of anilines is 1. The summed E-state index contributed by atoms with van der Waals surface area (Å²) in [4.78, 5) is 17.3. The van der Waals surface area contributed by atoms with Gasteiger partial charge in [0.1, 0.15) is 10.5 Å². The molecule has 0 spiro atoms. The van der Waals surface area contributed by atoms with Gasteiger partial charge in [-0.2, -0.15) is 4.57 Å². The van der Waals surface area contributed by atoms with Crippen molar-refractivity contribution in [3.8, 4) is 0 Å². The molecule has 0 saturated carbocycles. The summed E-state index contributed by atoms with van der Waals surface area (Å²) in [5, 5.41) is 13.6. The minimum atomic E-state index is 0.0127. The molecule has 2 unspecified atom stereocenters. The Hall–Kier alpha value is -2.83. The van der Waals surface area contributed by atoms with E-state index in [1.807, 2.05) is 0 Å². The molecule has 0 amide bonds. The fourth-order valence-electron chi connectivity index (χ4n) is 5.89. The number of hydrogen-bond acceptors (Lipinski definition) is 5. The topological polar surface area (TPSA) is 44.4 Å². The first-order valence-electron chi connectivity index (χ1n) is 11.9. The maximum absolute atomic E-state index is 13.7. The van der Waals surface area contributed by atoms with Crippen molar-refractivity contribution in [1.29, 1.82) is 0 Å². The predicted molar refractivity (Wildman–Crippen MR) is 138 cm³/mol. The lowest BCUT2D eigenvalue weighted by Crippen LogP contribution is -2.43. The molecule has 7 rings (SSSR count). The van der Waals surface area contributed by atoms with E-state index in [0.717, 1.165) is 47.1 Å². The second-order valence-electron chi connectivity index (χ2n) is 9.97. The van der Waals surface area contributed by atoms with Crippen LogP contribution in [0.25, 0.3) is 15.8 Å². The molecule has 1 aliphatic carbocycles. The highest BCUT2D eigenvalue weighted by Gasteiger charge is 2.46. The zero-order chi connectivity index (χ0) is 23.1. The van der Waals surface area contributed by atoms with Crippen LogP contribution in [-0.4, -0.2) is 17.4 Å². The van der Waals surface area contributed by atoms with Crippen LogP contribution in [0.4, 0.5) is 5.69 Å². The Kier molecular flexibility index (Phi) is 4.43. The summed E-state index contributed by atoms with van der Waals surface area (Å²) in [6.45, 7) is 6.34. The van der Waals surface area contributed by atoms with Crippen LogP contribution in [0.1, 0.15) is 31.7 Å². The van der Waals surface area contributed by atoms with Crippen LogP contribution in [0.2, 0.25) is 0 Å². The number of carbonyl (C=O) groups excluding carboxylic acids is 1. The van der Waals surface area contributed by atoms with Crippen LogP contribution < -0.4 is 9.47 Å². The third-order valence-electron chi connectivity index (χ3n) is 7.36. The second kappa shape index (κ2) is 7.33. The van der Waals surface area contributed by atoms with Crippen LogP contribution in [0.5, 0.6) is 0 Å². The number of nitrogens with zero attached hydrogens (tertiary/aromatic N) is 2. The number of Topliss-reactive ketones (excluding diaryl/α,β-unsaturated/α-hetero) is 1. The largest absolute Gasteiger partial charge is 0.506 e. The van der Waals surface area contributed by atoms with E-state index in [1.165, 1.54) is 20.8 Å². The van der Waals surface area contributed by atoms with Gasteiger partial charge in [-0.3, -0.25) is 4.79 Å². The number of thiazole rings is 1. The zero-order valence-electron chi connectivity index (χ0n) is 19.2. The van der Waals surface area contributed by atoms with Crippen molar-refractivity contribution in [3.05, 3.63) is 81.0 Å². The Morgan fingerprint density at radius 2 is 1.74 bits per heavy atom. The third kappa shape index (κ3) is 2.78. The molecule has 34 heavy (non-hydrogen) atoms. The predicted octanol–water partition coefficient (Wildman–Crippen LogP) is 6.24. The summed E-state index contributed by atoms with van der Waals surface area (Å²) in [5.41, 5.74) is 5.54. The molecule has 6 heteroatoms. The Morgan fingerprint density at radius 3 is 2.59 bits per heavy atom. The molecule has 4 nitrogen and oxygen atoms in total. The molecule has 0 saturated heterocycles. The first kappa shape index (κ1) is 20.5. The highest BCUT2D eigenvalue weighted by Crippen LogP contribution is 2.54. The van der Waals surface area contributed by atoms with Gasteiger partial charge >= 0.3 is 0 Å². The second-order valence-corrected chi connectivity index (χ2v) is 12.0. The van der Waals surface area contributed by atoms with Gasteiger partial charge in [-0.1, -0.05) is 61.2 Å². The van der Waals surface area contributed by atoms with E-state index in [1.54, 1.807) is 23.1 Å². The average Bonchev–Trinajstić information content (AvgIpc) is 3.38. The number of aromatic nitrogens is 1. The monoisotopic (exact) mass is 485 g/mol. The number of aliphatic hydroxyl groups excluding tert-OH is 1. The Bertz CT molecular complexity index is 1510. The van der Waals surface area contributed by atoms with Crippen molar-refractivity contribution >= 4 is 50.4 Å². The number of allylic oxidation sites excluding steroid dienone is 4. The smallest absolute Gasteiger partial charge is 0.266 e. The van der Waals surface area contributed by atoms with Gasteiger partial charge in [-0.15, -0.1) is 0 Å². The van der Waals surface area contributed by atoms with Crippen LogP contribution in [0.3, 0.4) is 0 Å². The lowest BCUT2D eigenvalue weighted by molar-refractivity contribution is -0.679. The molecule has 0 radical (unpaired) electrons. The summed E-state index contributed by atoms with van der Waals surface area (Å²) < 4.78 is 3.56. The molecule has 4 aliphatic rings. The number of benzene rings is 2. The molecule has 170 valence electrons. The molecule has 1 aromatic heterocycles. The molecule has 4 heterocycles. The Labute approximate surface area is 206 Å². The number of ketones is 1. The highest BCUT2D eigenvalue weighted by atomic mass is 32.2. The number of thioether (sulfide) groups is 1. The third-order valence-corrected chi connectivity index (χ3v) is 9.81. The summed E-state index contributed by atoms with van der Waals surface area (Å²) in [5.74, 6) is 1.04. The van der Waals surface area contributed by atoms with Crippen LogP contribution in [0, 0.1) is 11.8 Å². The van der Waals surface area contributed by atoms with Gasteiger partial charge in [0.25, 0.3) is 5.01 Å². The minimum Gasteiger partial charge on any atom is -0.506 e. The molecular formula is C28H25N2O2S2+. The standard InChI is InChI=1S/C28H24N2O2S2/c1-15-11-17(27-29(13-15)19-7-3-5-9-21(19)33-27)23-25(31)24(26(23)32)18-12-16(2)14-30-20-8-4-6-10-22(20)34-28(18)30/h3-10,15-16H,11-14H2,1-2H3/p+1. The van der Waals surface area contributed by atoms with Gasteiger partial charge < -0.3 is 10.0 Å². The first-order valence-corrected chi connectivity index (χ1v) is 13.6. The summed E-state index contributed by atoms with van der Waals surface area (Å²) in [7, 11) is 0. The van der Waals surface area contributed by atoms with Gasteiger partial charge in [-0.25, -0.2) is 0 Å². The molecular weight excluding hydrogens is 460 g/mol. The maximum Gasteiger partial charge on any atom is 0.266 e. The van der Waals surface area contributed by atoms with E-state index in [2.05, 4.69) is 71.8 Å². The quantitative estimate of drug-likeness (QED) is 0.327. The Balaban J connectivity index is 1.39. The lowest BCUT2D eigenvalue weighted by Gasteiger charge is -2.35. The minimum absolute atomic E-state index is 0.0127. The number of fused-ring (bicyclic) bond motifs is 6. The average molecular weight is 486 g/mol. The van der Waals surface area contributed by atoms with Crippen molar-refractivity contribution in [2.24, 2.45) is 11.8 Å². The molecule has 2 atom stereocenters. The normalized spacial score (nSPS) is 26.1. The van der Waals surface area contributed by atoms with Crippen molar-refractivity contribution in [3.63, 3.8) is 0 Å². The van der Waals surface area contributed by atoms with Gasteiger partial charge in [0, 0.05) is 23.4 Å². The van der Waals surface area contributed by atoms with Crippen LogP contribution in [0.15, 0.2) is 80.9 Å². The zero-order valence-corrected chi connectivity index (χ0v) is 20.8. The van der Waals surface area contributed by atoms with Gasteiger partial charge in [0.15, 0.2) is 6.54 Å². The molecule has 0 fully saturated rings. The SMILES string of the molecule is CC1CC(C2=C(O)/C(=C3/CC(C)C[n+]4c3sc3ccccc34)C2=O)=C2Sc3ccccc3N2C1. The van der Waals surface area contributed by atoms with E-state index in [-0.39, 0.29) is 11.5 Å². The van der Waals surface area contributed by atoms with Gasteiger partial charge in [0.05, 0.1) is 27.4 Å².